The van der Waals surface area contributed by atoms with Gasteiger partial charge in [0.25, 0.3) is 6.47 Å². The first-order valence-electron chi connectivity index (χ1n) is 4.63. The van der Waals surface area contributed by atoms with Crippen LogP contribution in [0.5, 0.6) is 0 Å². The first-order chi connectivity index (χ1) is 6.81. The number of hydrogen-bond acceptors (Lipinski definition) is 4. The average molecular weight is 200 g/mol. The summed E-state index contributed by atoms with van der Waals surface area (Å²) < 4.78 is 9.27. The molecule has 4 heteroatoms. The molecule has 80 valence electrons. The highest BCUT2D eigenvalue weighted by molar-refractivity contribution is 5.69. The first kappa shape index (κ1) is 12.7. The van der Waals surface area contributed by atoms with Gasteiger partial charge in [-0.15, -0.1) is 0 Å². The molecule has 0 saturated carbocycles. The topological polar surface area (TPSA) is 52.6 Å². The van der Waals surface area contributed by atoms with E-state index in [1.165, 1.54) is 6.08 Å². The van der Waals surface area contributed by atoms with E-state index in [1.54, 1.807) is 0 Å². The van der Waals surface area contributed by atoms with Crippen molar-refractivity contribution in [3.63, 3.8) is 0 Å². The van der Waals surface area contributed by atoms with Crippen molar-refractivity contribution in [3.05, 3.63) is 12.7 Å². The van der Waals surface area contributed by atoms with E-state index in [-0.39, 0.29) is 12.6 Å². The predicted molar refractivity (Wildman–Crippen MR) is 51.6 cm³/mol. The molecule has 0 aliphatic rings. The lowest BCUT2D eigenvalue weighted by Gasteiger charge is -2.01. The Morgan fingerprint density at radius 2 is 2.07 bits per heavy atom. The maximum absolute atomic E-state index is 10.9. The van der Waals surface area contributed by atoms with Crippen LogP contribution in [0.3, 0.4) is 0 Å². The van der Waals surface area contributed by atoms with Crippen molar-refractivity contribution in [2.24, 2.45) is 0 Å². The maximum atomic E-state index is 10.9. The third-order valence-electron chi connectivity index (χ3n) is 1.57. The van der Waals surface area contributed by atoms with Crippen molar-refractivity contribution < 1.29 is 19.1 Å². The van der Waals surface area contributed by atoms with Gasteiger partial charge in [0.15, 0.2) is 0 Å². The van der Waals surface area contributed by atoms with E-state index in [1.807, 2.05) is 0 Å². The monoisotopic (exact) mass is 200 g/mol. The van der Waals surface area contributed by atoms with Crippen molar-refractivity contribution >= 4 is 12.4 Å². The van der Waals surface area contributed by atoms with Gasteiger partial charge in [0, 0.05) is 6.42 Å². The average Bonchev–Trinajstić information content (AvgIpc) is 2.20. The molecule has 0 aromatic heterocycles. The van der Waals surface area contributed by atoms with E-state index in [4.69, 9.17) is 4.74 Å². The fraction of sp³-hybridized carbons (Fsp3) is 0.600. The van der Waals surface area contributed by atoms with Crippen molar-refractivity contribution in [2.45, 2.75) is 25.7 Å². The van der Waals surface area contributed by atoms with Gasteiger partial charge in [-0.05, 0) is 19.3 Å². The van der Waals surface area contributed by atoms with Gasteiger partial charge in [0.05, 0.1) is 6.61 Å². The summed E-state index contributed by atoms with van der Waals surface area (Å²) in [5, 5.41) is 0. The standard InChI is InChI=1S/C10H16O4/c1-2-7-14-10(12)6-4-3-5-8-13-9-11/h2,9H,1,3-8H2. The van der Waals surface area contributed by atoms with Gasteiger partial charge in [0.2, 0.25) is 0 Å². The normalized spacial score (nSPS) is 9.14. The summed E-state index contributed by atoms with van der Waals surface area (Å²) in [6.07, 6.45) is 4.35. The summed E-state index contributed by atoms with van der Waals surface area (Å²) in [4.78, 5) is 20.7. The second-order valence-electron chi connectivity index (χ2n) is 2.75. The summed E-state index contributed by atoms with van der Waals surface area (Å²) in [6.45, 7) is 4.56. The van der Waals surface area contributed by atoms with Crippen LogP contribution in [0.2, 0.25) is 0 Å². The molecular weight excluding hydrogens is 184 g/mol. The molecule has 0 bridgehead atoms. The molecule has 0 aromatic rings. The summed E-state index contributed by atoms with van der Waals surface area (Å²) in [5.74, 6) is -0.207. The molecule has 0 radical (unpaired) electrons. The minimum Gasteiger partial charge on any atom is -0.468 e. The number of carbonyl (C=O) groups is 2. The molecule has 14 heavy (non-hydrogen) atoms. The molecule has 0 N–H and O–H groups in total. The predicted octanol–water partition coefficient (Wildman–Crippen LogP) is 1.45. The molecule has 0 atom stereocenters. The van der Waals surface area contributed by atoms with E-state index in [9.17, 15) is 9.59 Å². The van der Waals surface area contributed by atoms with Gasteiger partial charge in [-0.1, -0.05) is 12.7 Å². The number of carbonyl (C=O) groups excluding carboxylic acids is 2. The van der Waals surface area contributed by atoms with Gasteiger partial charge in [0.1, 0.15) is 6.61 Å². The highest BCUT2D eigenvalue weighted by Crippen LogP contribution is 2.01. The van der Waals surface area contributed by atoms with Gasteiger partial charge >= 0.3 is 5.97 Å². The van der Waals surface area contributed by atoms with Gasteiger partial charge in [-0.25, -0.2) is 0 Å². The minimum atomic E-state index is -0.207. The molecule has 0 aliphatic heterocycles. The van der Waals surface area contributed by atoms with Crippen LogP contribution in [0.25, 0.3) is 0 Å². The van der Waals surface area contributed by atoms with E-state index < -0.39 is 0 Å². The fourth-order valence-electron chi connectivity index (χ4n) is 0.904. The molecule has 0 aromatic carbocycles. The van der Waals surface area contributed by atoms with Crippen LogP contribution in [0.4, 0.5) is 0 Å². The van der Waals surface area contributed by atoms with Crippen molar-refractivity contribution in [3.8, 4) is 0 Å². The maximum Gasteiger partial charge on any atom is 0.306 e. The lowest BCUT2D eigenvalue weighted by Crippen LogP contribution is -2.04. The Bertz CT molecular complexity index is 177. The highest BCUT2D eigenvalue weighted by atomic mass is 16.5. The lowest BCUT2D eigenvalue weighted by molar-refractivity contribution is -0.142. The van der Waals surface area contributed by atoms with Crippen molar-refractivity contribution in [2.75, 3.05) is 13.2 Å². The molecule has 0 saturated heterocycles. The summed E-state index contributed by atoms with van der Waals surface area (Å²) in [7, 11) is 0. The zero-order chi connectivity index (χ0) is 10.6. The van der Waals surface area contributed by atoms with Crippen LogP contribution >= 0.6 is 0 Å². The SMILES string of the molecule is C=CCOC(=O)CCCCCOC=O. The van der Waals surface area contributed by atoms with E-state index in [0.29, 0.717) is 19.5 Å². The van der Waals surface area contributed by atoms with Crippen LogP contribution in [-0.2, 0) is 19.1 Å². The quantitative estimate of drug-likeness (QED) is 0.244. The lowest BCUT2D eigenvalue weighted by atomic mass is 10.2. The van der Waals surface area contributed by atoms with Gasteiger partial charge < -0.3 is 9.47 Å². The van der Waals surface area contributed by atoms with Gasteiger partial charge in [-0.2, -0.15) is 0 Å². The third kappa shape index (κ3) is 8.77. The molecule has 0 aliphatic carbocycles. The second kappa shape index (κ2) is 9.77. The Morgan fingerprint density at radius 3 is 2.71 bits per heavy atom. The molecule has 4 nitrogen and oxygen atoms in total. The van der Waals surface area contributed by atoms with Crippen LogP contribution in [0.1, 0.15) is 25.7 Å². The zero-order valence-corrected chi connectivity index (χ0v) is 8.24. The Morgan fingerprint density at radius 1 is 1.29 bits per heavy atom. The molecule has 0 unspecified atom stereocenters. The Balaban J connectivity index is 3.14. The molecular formula is C10H16O4. The van der Waals surface area contributed by atoms with E-state index >= 15 is 0 Å². The van der Waals surface area contributed by atoms with Crippen molar-refractivity contribution in [1.29, 1.82) is 0 Å². The largest absolute Gasteiger partial charge is 0.468 e. The minimum absolute atomic E-state index is 0.207. The number of unbranched alkanes of at least 4 members (excludes halogenated alkanes) is 2. The van der Waals surface area contributed by atoms with Gasteiger partial charge in [-0.3, -0.25) is 9.59 Å². The number of hydrogen-bond donors (Lipinski definition) is 0. The zero-order valence-electron chi connectivity index (χ0n) is 8.24. The Kier molecular flexibility index (Phi) is 8.84. The molecule has 0 rings (SSSR count). The van der Waals surface area contributed by atoms with Crippen LogP contribution in [-0.4, -0.2) is 25.7 Å². The molecule has 0 heterocycles. The van der Waals surface area contributed by atoms with E-state index in [2.05, 4.69) is 11.3 Å². The first-order valence-corrected chi connectivity index (χ1v) is 4.63. The van der Waals surface area contributed by atoms with Crippen LogP contribution in [0, 0.1) is 0 Å². The Labute approximate surface area is 83.9 Å². The summed E-state index contributed by atoms with van der Waals surface area (Å²) in [5.41, 5.74) is 0. The summed E-state index contributed by atoms with van der Waals surface area (Å²) in [6, 6.07) is 0. The summed E-state index contributed by atoms with van der Waals surface area (Å²) >= 11 is 0. The van der Waals surface area contributed by atoms with Crippen LogP contribution < -0.4 is 0 Å². The van der Waals surface area contributed by atoms with Crippen LogP contribution in [0.15, 0.2) is 12.7 Å². The second-order valence-corrected chi connectivity index (χ2v) is 2.75. The van der Waals surface area contributed by atoms with Crippen molar-refractivity contribution in [1.82, 2.24) is 0 Å². The number of ether oxygens (including phenoxy) is 2. The number of esters is 1. The Hall–Kier alpha value is -1.32. The third-order valence-corrected chi connectivity index (χ3v) is 1.57. The highest BCUT2D eigenvalue weighted by Gasteiger charge is 2.00. The van der Waals surface area contributed by atoms with E-state index in [0.717, 1.165) is 19.3 Å². The smallest absolute Gasteiger partial charge is 0.306 e. The molecule has 0 fully saturated rings. The molecule has 0 amide bonds. The number of rotatable bonds is 9. The fourth-order valence-corrected chi connectivity index (χ4v) is 0.904. The molecule has 0 spiro atoms.